The molecule has 0 radical (unpaired) electrons. The Balaban J connectivity index is 1.28. The number of hydrogen-bond acceptors (Lipinski definition) is 19. The van der Waals surface area contributed by atoms with E-state index in [2.05, 4.69) is 77.8 Å². The second-order valence-corrected chi connectivity index (χ2v) is 22.7. The van der Waals surface area contributed by atoms with Gasteiger partial charge in [-0.15, -0.1) is 0 Å². The largest absolute Gasteiger partial charge is 0.481 e. The molecule has 0 aromatic carbocycles. The van der Waals surface area contributed by atoms with E-state index in [1.165, 1.54) is 33.1 Å². The molecule has 7 atom stereocenters. The van der Waals surface area contributed by atoms with Crippen LogP contribution in [0.4, 0.5) is 5.82 Å². The van der Waals surface area contributed by atoms with E-state index in [0.29, 0.717) is 6.42 Å². The van der Waals surface area contributed by atoms with E-state index in [1.54, 1.807) is 0 Å². The average molecular weight is 1100 g/mol. The molecule has 0 saturated carbocycles. The number of hydrogen-bond donors (Lipinski definition) is 9. The number of thioether (sulfide) groups is 1. The van der Waals surface area contributed by atoms with Crippen LogP contribution >= 0.6 is 35.2 Å². The summed E-state index contributed by atoms with van der Waals surface area (Å²) in [5, 5.41) is 26.2. The van der Waals surface area contributed by atoms with Gasteiger partial charge in [0.1, 0.15) is 42.0 Å². The number of ether oxygens (including phenoxy) is 1. The van der Waals surface area contributed by atoms with Crippen molar-refractivity contribution in [3.63, 3.8) is 0 Å². The van der Waals surface area contributed by atoms with Crippen LogP contribution in [0.5, 0.6) is 0 Å². The number of nitrogens with zero attached hydrogens (tertiary/aromatic N) is 4. The van der Waals surface area contributed by atoms with Crippen molar-refractivity contribution in [3.8, 4) is 0 Å². The van der Waals surface area contributed by atoms with Crippen molar-refractivity contribution in [2.24, 2.45) is 5.41 Å². The van der Waals surface area contributed by atoms with E-state index in [4.69, 9.17) is 19.5 Å². The van der Waals surface area contributed by atoms with Crippen molar-refractivity contribution in [2.45, 2.75) is 141 Å². The van der Waals surface area contributed by atoms with Crippen LogP contribution in [0.15, 0.2) is 49.1 Å². The van der Waals surface area contributed by atoms with Gasteiger partial charge in [0.2, 0.25) is 11.8 Å². The Morgan fingerprint density at radius 3 is 2.18 bits per heavy atom. The number of aliphatic hydroxyl groups excluding tert-OH is 2. The second-order valence-electron chi connectivity index (χ2n) is 17.3. The number of aromatic nitrogens is 4. The van der Waals surface area contributed by atoms with Crippen LogP contribution in [-0.2, 0) is 55.5 Å². The van der Waals surface area contributed by atoms with E-state index in [1.807, 2.05) is 0 Å². The number of phosphoric ester groups is 3. The summed E-state index contributed by atoms with van der Waals surface area (Å²) in [5.41, 5.74) is 4.24. The van der Waals surface area contributed by atoms with Crippen LogP contribution in [0.2, 0.25) is 0 Å². The van der Waals surface area contributed by atoms with Crippen molar-refractivity contribution in [3.05, 3.63) is 49.1 Å². The first-order valence-corrected chi connectivity index (χ1v) is 29.0. The SMILES string of the molecule is CCCCC/C=C\C/C=C\C/C=C\CCCCCCC(=O)CC(=O)SCCNC(=O)CCNC(=O)[C@H](O)C(C)(C)COP(=O)(O)OP(=O)(O)OC[C@H]1O[C@@H](n2cnc3c(N)ncnc32)[C@H](O)[C@@H]1OP(=O)(O)O. The van der Waals surface area contributed by atoms with Gasteiger partial charge in [0.15, 0.2) is 22.8 Å². The molecule has 72 heavy (non-hydrogen) atoms. The summed E-state index contributed by atoms with van der Waals surface area (Å²) in [6.07, 6.45) is 17.7. The van der Waals surface area contributed by atoms with Gasteiger partial charge in [0.05, 0.1) is 26.0 Å². The molecule has 29 heteroatoms. The molecule has 2 unspecified atom stereocenters. The summed E-state index contributed by atoms with van der Waals surface area (Å²) >= 11 is 0.927. The third-order valence-corrected chi connectivity index (χ3v) is 14.7. The first-order valence-electron chi connectivity index (χ1n) is 23.5. The molecule has 2 aromatic rings. The number of fused-ring (bicyclic) bond motifs is 1. The average Bonchev–Trinajstić information content (AvgIpc) is 3.86. The van der Waals surface area contributed by atoms with Crippen molar-refractivity contribution in [1.82, 2.24) is 30.2 Å². The monoisotopic (exact) mass is 1100 g/mol. The number of nitrogens with two attached hydrogens (primary N) is 1. The van der Waals surface area contributed by atoms with Crippen molar-refractivity contribution >= 4 is 74.9 Å². The molecule has 0 aliphatic carbocycles. The lowest BCUT2D eigenvalue weighted by molar-refractivity contribution is -0.137. The maximum atomic E-state index is 12.8. The number of carbonyl (C=O) groups is 4. The number of amides is 2. The number of phosphoric acid groups is 3. The van der Waals surface area contributed by atoms with Crippen LogP contribution in [0.1, 0.15) is 117 Å². The summed E-state index contributed by atoms with van der Waals surface area (Å²) in [5.74, 6) is -1.44. The Bertz CT molecular complexity index is 2300. The quantitative estimate of drug-likeness (QED) is 0.0188. The number of ketones is 1. The van der Waals surface area contributed by atoms with E-state index in [0.717, 1.165) is 80.4 Å². The van der Waals surface area contributed by atoms with Crippen molar-refractivity contribution < 1.29 is 85.3 Å². The predicted molar refractivity (Wildman–Crippen MR) is 265 cm³/mol. The standard InChI is InChI=1S/C43H70N7O18P3S/c1-4-5-6-7-8-9-10-11-12-13-14-15-16-17-18-19-20-21-31(51)26-34(53)72-25-24-45-33(52)22-23-46-41(56)38(55)43(2,3)28-65-71(62,63)68-70(60,61)64-27-32-37(67-69(57,58)59)36(54)42(66-32)50-30-49-35-39(44)47-29-48-40(35)50/h8-9,11-12,14-15,29-30,32,36-38,42,54-55H,4-7,10,13,16-28H2,1-3H3,(H,45,52)(H,46,56)(H,60,61)(H,62,63)(H2,44,47,48)(H2,57,58,59)/b9-8-,12-11-,15-14-/t32-,36-,37-,38+,42-/m1/s1. The summed E-state index contributed by atoms with van der Waals surface area (Å²) in [6, 6.07) is 0. The Hall–Kier alpha value is -3.55. The van der Waals surface area contributed by atoms with E-state index in [9.17, 15) is 62.7 Å². The zero-order valence-electron chi connectivity index (χ0n) is 40.6. The molecular formula is C43H70N7O18P3S. The maximum absolute atomic E-state index is 12.8. The predicted octanol–water partition coefficient (Wildman–Crippen LogP) is 4.99. The third kappa shape index (κ3) is 23.8. The number of Topliss-reactive ketones (excluding diaryl/α,β-unsaturated/α-hetero) is 1. The van der Waals surface area contributed by atoms with Crippen molar-refractivity contribution in [2.75, 3.05) is 37.8 Å². The summed E-state index contributed by atoms with van der Waals surface area (Å²) in [4.78, 5) is 101. The first-order chi connectivity index (χ1) is 33.9. The third-order valence-electron chi connectivity index (χ3n) is 10.7. The van der Waals surface area contributed by atoms with Crippen LogP contribution in [-0.4, -0.2) is 128 Å². The molecule has 2 aromatic heterocycles. The molecule has 3 heterocycles. The van der Waals surface area contributed by atoms with Gasteiger partial charge in [0.25, 0.3) is 0 Å². The van der Waals surface area contributed by atoms with Gasteiger partial charge in [-0.25, -0.2) is 28.6 Å². The highest BCUT2D eigenvalue weighted by Crippen LogP contribution is 2.61. The molecule has 1 aliphatic rings. The summed E-state index contributed by atoms with van der Waals surface area (Å²) < 4.78 is 62.4. The Morgan fingerprint density at radius 2 is 1.51 bits per heavy atom. The molecule has 1 saturated heterocycles. The molecule has 1 fully saturated rings. The fourth-order valence-electron chi connectivity index (χ4n) is 6.82. The number of aliphatic hydroxyl groups is 2. The first kappa shape index (κ1) is 62.7. The lowest BCUT2D eigenvalue weighted by Gasteiger charge is -2.30. The number of nitrogen functional groups attached to an aromatic ring is 1. The van der Waals surface area contributed by atoms with Gasteiger partial charge in [-0.2, -0.15) is 4.31 Å². The minimum atomic E-state index is -5.60. The summed E-state index contributed by atoms with van der Waals surface area (Å²) in [7, 11) is -16.5. The number of allylic oxidation sites excluding steroid dienone is 6. The maximum Gasteiger partial charge on any atom is 0.481 e. The molecule has 406 valence electrons. The number of anilines is 1. The smallest absolute Gasteiger partial charge is 0.386 e. The van der Waals surface area contributed by atoms with Crippen molar-refractivity contribution in [1.29, 1.82) is 0 Å². The van der Waals surface area contributed by atoms with E-state index < -0.39 is 84.6 Å². The minimum absolute atomic E-state index is 0.0246. The van der Waals surface area contributed by atoms with Crippen LogP contribution in [0.3, 0.4) is 0 Å². The van der Waals surface area contributed by atoms with Gasteiger partial charge in [-0.3, -0.25) is 37.3 Å². The Kier molecular flexibility index (Phi) is 27.3. The molecule has 1 aliphatic heterocycles. The molecule has 2 amide bonds. The zero-order chi connectivity index (χ0) is 53.4. The minimum Gasteiger partial charge on any atom is -0.386 e. The van der Waals surface area contributed by atoms with Crippen LogP contribution < -0.4 is 16.4 Å². The van der Waals surface area contributed by atoms with E-state index >= 15 is 0 Å². The Morgan fingerprint density at radius 1 is 0.875 bits per heavy atom. The number of carbonyl (C=O) groups excluding carboxylic acids is 4. The molecule has 25 nitrogen and oxygen atoms in total. The number of imidazole rings is 1. The summed E-state index contributed by atoms with van der Waals surface area (Å²) in [6.45, 7) is 2.52. The molecule has 0 bridgehead atoms. The molecule has 0 spiro atoms. The topological polar surface area (TPSA) is 381 Å². The highest BCUT2D eigenvalue weighted by atomic mass is 32.2. The highest BCUT2D eigenvalue weighted by Gasteiger charge is 2.50. The molecule has 3 rings (SSSR count). The molecule has 10 N–H and O–H groups in total. The lowest BCUT2D eigenvalue weighted by Crippen LogP contribution is -2.46. The van der Waals surface area contributed by atoms with Gasteiger partial charge < -0.3 is 50.9 Å². The number of rotatable bonds is 36. The fourth-order valence-corrected chi connectivity index (χ4v) is 10.3. The van der Waals surface area contributed by atoms with Gasteiger partial charge in [-0.05, 0) is 44.9 Å². The van der Waals surface area contributed by atoms with Gasteiger partial charge in [0, 0.05) is 37.1 Å². The number of nitrogens with one attached hydrogen (secondary N) is 2. The van der Waals surface area contributed by atoms with Crippen LogP contribution in [0.25, 0.3) is 11.2 Å². The van der Waals surface area contributed by atoms with E-state index in [-0.39, 0.29) is 59.6 Å². The molecular weight excluding hydrogens is 1030 g/mol. The van der Waals surface area contributed by atoms with Crippen LogP contribution in [0, 0.1) is 5.41 Å². The van der Waals surface area contributed by atoms with Gasteiger partial charge in [-0.1, -0.05) is 94.7 Å². The normalized spacial score (nSPS) is 19.8. The second kappa shape index (κ2) is 31.4. The Labute approximate surface area is 422 Å². The lowest BCUT2D eigenvalue weighted by atomic mass is 9.87. The fraction of sp³-hybridized carbons (Fsp3) is 0.651. The zero-order valence-corrected chi connectivity index (χ0v) is 44.1. The number of unbranched alkanes of at least 4 members (excludes halogenated alkanes) is 7. The highest BCUT2D eigenvalue weighted by molar-refractivity contribution is 8.13. The van der Waals surface area contributed by atoms with Gasteiger partial charge >= 0.3 is 23.5 Å².